The van der Waals surface area contributed by atoms with Crippen LogP contribution < -0.4 is 4.74 Å². The second-order valence-electron chi connectivity index (χ2n) is 5.69. The van der Waals surface area contributed by atoms with Gasteiger partial charge in [-0.1, -0.05) is 23.2 Å². The summed E-state index contributed by atoms with van der Waals surface area (Å²) in [4.78, 5) is 14.4. The van der Waals surface area contributed by atoms with Crippen molar-refractivity contribution in [2.75, 3.05) is 0 Å². The average molecular weight is 407 g/mol. The lowest BCUT2D eigenvalue weighted by Crippen LogP contribution is -1.94. The third kappa shape index (κ3) is 4.58. The van der Waals surface area contributed by atoms with E-state index >= 15 is 0 Å². The van der Waals surface area contributed by atoms with Crippen LogP contribution in [0.25, 0.3) is 6.08 Å². The first-order chi connectivity index (χ1) is 12.4. The Morgan fingerprint density at radius 1 is 1.19 bits per heavy atom. The summed E-state index contributed by atoms with van der Waals surface area (Å²) in [5, 5.41) is 0.990. The predicted molar refractivity (Wildman–Crippen MR) is 107 cm³/mol. The molecule has 0 N–H and O–H groups in total. The molecule has 26 heavy (non-hydrogen) atoms. The number of carbonyl (C=O) groups is 1. The van der Waals surface area contributed by atoms with Crippen molar-refractivity contribution in [3.8, 4) is 5.75 Å². The van der Waals surface area contributed by atoms with Crippen LogP contribution in [-0.2, 0) is 6.61 Å². The van der Waals surface area contributed by atoms with E-state index in [1.165, 1.54) is 6.08 Å². The zero-order chi connectivity index (χ0) is 18.7. The number of halogens is 2. The average Bonchev–Trinajstić information content (AvgIpc) is 3.18. The largest absolute Gasteiger partial charge is 0.484 e. The van der Waals surface area contributed by atoms with Crippen molar-refractivity contribution in [2.45, 2.75) is 20.5 Å². The van der Waals surface area contributed by atoms with Crippen LogP contribution in [0.15, 0.2) is 46.9 Å². The first-order valence-electron chi connectivity index (χ1n) is 7.88. The van der Waals surface area contributed by atoms with Crippen molar-refractivity contribution in [2.24, 2.45) is 0 Å². The van der Waals surface area contributed by atoms with Gasteiger partial charge >= 0.3 is 0 Å². The molecular weight excluding hydrogens is 391 g/mol. The molecule has 3 rings (SSSR count). The normalized spacial score (nSPS) is 11.2. The molecular formula is C20H16Cl2O3S. The highest BCUT2D eigenvalue weighted by Gasteiger charge is 2.10. The van der Waals surface area contributed by atoms with Crippen LogP contribution in [-0.4, -0.2) is 5.78 Å². The topological polar surface area (TPSA) is 39.4 Å². The lowest BCUT2D eigenvalue weighted by atomic mass is 10.1. The number of rotatable bonds is 6. The van der Waals surface area contributed by atoms with Crippen LogP contribution in [0, 0.1) is 13.8 Å². The number of ether oxygens (including phenoxy) is 1. The molecule has 0 saturated carbocycles. The summed E-state index contributed by atoms with van der Waals surface area (Å²) < 4.78 is 11.3. The second kappa shape index (κ2) is 8.12. The van der Waals surface area contributed by atoms with Crippen LogP contribution in [0.4, 0.5) is 0 Å². The molecule has 2 heterocycles. The zero-order valence-electron chi connectivity index (χ0n) is 14.2. The molecule has 0 unspecified atom stereocenters. The molecule has 0 atom stereocenters. The lowest BCUT2D eigenvalue weighted by molar-refractivity contribution is 0.104. The second-order valence-corrected chi connectivity index (χ2v) is 8.00. The Labute approximate surface area is 165 Å². The maximum atomic E-state index is 12.3. The molecule has 0 aliphatic carbocycles. The van der Waals surface area contributed by atoms with Crippen LogP contribution in [0.2, 0.25) is 10.0 Å². The molecule has 1 aromatic carbocycles. The summed E-state index contributed by atoms with van der Waals surface area (Å²) in [6.45, 7) is 4.17. The van der Waals surface area contributed by atoms with Gasteiger partial charge in [0.1, 0.15) is 23.9 Å². The molecule has 0 amide bonds. The maximum absolute atomic E-state index is 12.3. The van der Waals surface area contributed by atoms with E-state index in [0.29, 0.717) is 27.3 Å². The summed E-state index contributed by atoms with van der Waals surface area (Å²) >= 11 is 13.5. The number of carbonyl (C=O) groups excluding carboxylic acids is 1. The van der Waals surface area contributed by atoms with Gasteiger partial charge in [0.05, 0.1) is 5.02 Å². The quantitative estimate of drug-likeness (QED) is 0.336. The highest BCUT2D eigenvalue weighted by molar-refractivity contribution is 7.12. The first-order valence-corrected chi connectivity index (χ1v) is 9.45. The fourth-order valence-electron chi connectivity index (χ4n) is 2.43. The Morgan fingerprint density at radius 3 is 2.69 bits per heavy atom. The SMILES string of the molecule is Cc1cc(C(=O)/C=C/c2ccc(COc3ccc(Cl)cc3Cl)o2)c(C)s1. The molecule has 0 radical (unpaired) electrons. The van der Waals surface area contributed by atoms with Crippen LogP contribution >= 0.6 is 34.5 Å². The Hall–Kier alpha value is -2.01. The number of hydrogen-bond donors (Lipinski definition) is 0. The third-order valence-electron chi connectivity index (χ3n) is 3.65. The van der Waals surface area contributed by atoms with Gasteiger partial charge in [0.2, 0.25) is 0 Å². The molecule has 0 fully saturated rings. The molecule has 0 saturated heterocycles. The summed E-state index contributed by atoms with van der Waals surface area (Å²) in [6.07, 6.45) is 3.18. The molecule has 134 valence electrons. The minimum atomic E-state index is -0.0333. The number of allylic oxidation sites excluding steroid dienone is 1. The maximum Gasteiger partial charge on any atom is 0.187 e. The minimum Gasteiger partial charge on any atom is -0.484 e. The van der Waals surface area contributed by atoms with Gasteiger partial charge in [-0.3, -0.25) is 4.79 Å². The van der Waals surface area contributed by atoms with Crippen molar-refractivity contribution in [1.82, 2.24) is 0 Å². The van der Waals surface area contributed by atoms with E-state index in [4.69, 9.17) is 32.4 Å². The van der Waals surface area contributed by atoms with Crippen LogP contribution in [0.3, 0.4) is 0 Å². The van der Waals surface area contributed by atoms with E-state index < -0.39 is 0 Å². The van der Waals surface area contributed by atoms with E-state index in [1.807, 2.05) is 19.9 Å². The van der Waals surface area contributed by atoms with Crippen molar-refractivity contribution >= 4 is 46.4 Å². The van der Waals surface area contributed by atoms with E-state index in [9.17, 15) is 4.79 Å². The van der Waals surface area contributed by atoms with Gasteiger partial charge in [0.25, 0.3) is 0 Å². The van der Waals surface area contributed by atoms with E-state index in [0.717, 1.165) is 15.3 Å². The summed E-state index contributed by atoms with van der Waals surface area (Å²) in [7, 11) is 0. The fraction of sp³-hybridized carbons (Fsp3) is 0.150. The monoisotopic (exact) mass is 406 g/mol. The van der Waals surface area contributed by atoms with E-state index in [1.54, 1.807) is 47.7 Å². The predicted octanol–water partition coefficient (Wildman–Crippen LogP) is 6.74. The summed E-state index contributed by atoms with van der Waals surface area (Å²) in [5.74, 6) is 1.71. The van der Waals surface area contributed by atoms with Gasteiger partial charge in [-0.15, -0.1) is 11.3 Å². The smallest absolute Gasteiger partial charge is 0.187 e. The highest BCUT2D eigenvalue weighted by Crippen LogP contribution is 2.28. The Balaban J connectivity index is 1.62. The molecule has 6 heteroatoms. The van der Waals surface area contributed by atoms with Gasteiger partial charge < -0.3 is 9.15 Å². The number of thiophene rings is 1. The van der Waals surface area contributed by atoms with Crippen LogP contribution in [0.5, 0.6) is 5.75 Å². The molecule has 2 aromatic heterocycles. The Morgan fingerprint density at radius 2 is 2.00 bits per heavy atom. The number of hydrogen-bond acceptors (Lipinski definition) is 4. The Kier molecular flexibility index (Phi) is 5.87. The summed E-state index contributed by atoms with van der Waals surface area (Å²) in [6, 6.07) is 10.5. The van der Waals surface area contributed by atoms with Gasteiger partial charge in [0.15, 0.2) is 5.78 Å². The van der Waals surface area contributed by atoms with E-state index in [2.05, 4.69) is 0 Å². The van der Waals surface area contributed by atoms with Crippen molar-refractivity contribution in [3.63, 3.8) is 0 Å². The van der Waals surface area contributed by atoms with Gasteiger partial charge in [-0.2, -0.15) is 0 Å². The van der Waals surface area contributed by atoms with Crippen molar-refractivity contribution in [1.29, 1.82) is 0 Å². The van der Waals surface area contributed by atoms with Gasteiger partial charge in [-0.05, 0) is 62.4 Å². The number of benzene rings is 1. The molecule has 0 aliphatic rings. The molecule has 3 nitrogen and oxygen atoms in total. The first kappa shape index (κ1) is 18.8. The zero-order valence-corrected chi connectivity index (χ0v) is 16.5. The minimum absolute atomic E-state index is 0.0333. The van der Waals surface area contributed by atoms with Crippen molar-refractivity contribution in [3.05, 3.63) is 79.4 Å². The van der Waals surface area contributed by atoms with Crippen molar-refractivity contribution < 1.29 is 13.9 Å². The lowest BCUT2D eigenvalue weighted by Gasteiger charge is -2.06. The standard InChI is InChI=1S/C20H16Cl2O3S/c1-12-9-17(13(2)26-12)19(23)7-6-15-4-5-16(25-15)11-24-20-8-3-14(21)10-18(20)22/h3-10H,11H2,1-2H3/b7-6+. The van der Waals surface area contributed by atoms with Gasteiger partial charge in [-0.25, -0.2) is 0 Å². The van der Waals surface area contributed by atoms with Crippen LogP contribution in [0.1, 0.15) is 31.6 Å². The number of aryl methyl sites for hydroxylation is 2. The Bertz CT molecular complexity index is 969. The summed E-state index contributed by atoms with van der Waals surface area (Å²) in [5.41, 5.74) is 0.733. The van der Waals surface area contributed by atoms with E-state index in [-0.39, 0.29) is 12.4 Å². The molecule has 3 aromatic rings. The third-order valence-corrected chi connectivity index (χ3v) is 5.15. The van der Waals surface area contributed by atoms with Gasteiger partial charge in [0, 0.05) is 20.3 Å². The fourth-order valence-corrected chi connectivity index (χ4v) is 3.82. The number of furan rings is 1. The molecule has 0 spiro atoms. The molecule has 0 aliphatic heterocycles. The highest BCUT2D eigenvalue weighted by atomic mass is 35.5. The molecule has 0 bridgehead atoms. The number of ketones is 1.